The van der Waals surface area contributed by atoms with Crippen molar-refractivity contribution in [3.8, 4) is 0 Å². The average molecular weight is 259 g/mol. The predicted molar refractivity (Wildman–Crippen MR) is 63.7 cm³/mol. The zero-order valence-electron chi connectivity index (χ0n) is 10.3. The Bertz CT molecular complexity index is 417. The molecule has 1 aliphatic rings. The molecule has 0 fully saturated rings. The summed E-state index contributed by atoms with van der Waals surface area (Å²) in [7, 11) is 1.56. The van der Waals surface area contributed by atoms with Crippen LogP contribution in [0.1, 0.15) is 13.8 Å². The van der Waals surface area contributed by atoms with Crippen LogP contribution < -0.4 is 5.32 Å². The van der Waals surface area contributed by atoms with Crippen LogP contribution in [0.25, 0.3) is 0 Å². The van der Waals surface area contributed by atoms with Gasteiger partial charge in [0.2, 0.25) is 5.90 Å². The largest absolute Gasteiger partial charge is 0.417 e. The molecule has 1 heterocycles. The molecule has 0 aromatic rings. The molecule has 0 saturated heterocycles. The minimum atomic E-state index is -3.02. The third-order valence-electron chi connectivity index (χ3n) is 2.33. The Balaban J connectivity index is 2.78. The molecule has 1 atom stereocenters. The zero-order chi connectivity index (χ0) is 13.7. The first kappa shape index (κ1) is 14.3. The number of hydrogen-bond donors (Lipinski definition) is 2. The fourth-order valence-electron chi connectivity index (χ4n) is 1.37. The van der Waals surface area contributed by atoms with E-state index in [0.717, 1.165) is 17.3 Å². The molecule has 100 valence electrons. The van der Waals surface area contributed by atoms with Crippen molar-refractivity contribution in [3.05, 3.63) is 23.2 Å². The Morgan fingerprint density at radius 3 is 2.78 bits per heavy atom. The Hall–Kier alpha value is -1.76. The molecular formula is C11H15F2N3O2. The van der Waals surface area contributed by atoms with Crippen LogP contribution in [0.3, 0.4) is 0 Å². The topological polar surface area (TPSA) is 66.7 Å². The molecule has 0 aromatic heterocycles. The molecule has 18 heavy (non-hydrogen) atoms. The molecule has 0 radical (unpaired) electrons. The number of alkyl halides is 2. The lowest BCUT2D eigenvalue weighted by Crippen LogP contribution is -2.27. The Labute approximate surface area is 104 Å². The van der Waals surface area contributed by atoms with Gasteiger partial charge < -0.3 is 14.8 Å². The lowest BCUT2D eigenvalue weighted by atomic mass is 10.1. The average Bonchev–Trinajstić information content (AvgIpc) is 2.29. The van der Waals surface area contributed by atoms with Crippen LogP contribution in [0.5, 0.6) is 0 Å². The lowest BCUT2D eigenvalue weighted by molar-refractivity contribution is -0.0600. The number of methoxy groups -OCH3 is 1. The predicted octanol–water partition coefficient (Wildman–Crippen LogP) is 2.03. The second-order valence-electron chi connectivity index (χ2n) is 3.63. The van der Waals surface area contributed by atoms with Gasteiger partial charge in [-0.05, 0) is 19.4 Å². The van der Waals surface area contributed by atoms with Crippen LogP contribution >= 0.6 is 0 Å². The molecule has 0 aromatic carbocycles. The van der Waals surface area contributed by atoms with Gasteiger partial charge in [0, 0.05) is 25.1 Å². The summed E-state index contributed by atoms with van der Waals surface area (Å²) < 4.78 is 32.8. The van der Waals surface area contributed by atoms with E-state index < -0.39 is 12.5 Å². The molecule has 7 heteroatoms. The minimum Gasteiger partial charge on any atom is -0.417 e. The number of nitrogens with one attached hydrogen (secondary N) is 2. The maximum Gasteiger partial charge on any atom is 0.388 e. The van der Waals surface area contributed by atoms with Crippen molar-refractivity contribution in [2.75, 3.05) is 7.11 Å². The van der Waals surface area contributed by atoms with Gasteiger partial charge in [-0.3, -0.25) is 5.41 Å². The molecule has 0 amide bonds. The van der Waals surface area contributed by atoms with E-state index >= 15 is 0 Å². The van der Waals surface area contributed by atoms with Crippen LogP contribution in [-0.2, 0) is 9.47 Å². The van der Waals surface area contributed by atoms with E-state index in [-0.39, 0.29) is 11.9 Å². The zero-order valence-corrected chi connectivity index (χ0v) is 10.3. The van der Waals surface area contributed by atoms with E-state index in [2.05, 4.69) is 15.0 Å². The van der Waals surface area contributed by atoms with Gasteiger partial charge in [0.05, 0.1) is 6.10 Å². The Kier molecular flexibility index (Phi) is 4.96. The van der Waals surface area contributed by atoms with Crippen molar-refractivity contribution in [2.45, 2.75) is 26.6 Å². The highest BCUT2D eigenvalue weighted by Crippen LogP contribution is 2.14. The van der Waals surface area contributed by atoms with Crippen molar-refractivity contribution < 1.29 is 18.3 Å². The molecule has 0 unspecified atom stereocenters. The normalized spacial score (nSPS) is 19.1. The van der Waals surface area contributed by atoms with Crippen molar-refractivity contribution in [3.63, 3.8) is 0 Å². The van der Waals surface area contributed by atoms with E-state index in [0.29, 0.717) is 0 Å². The van der Waals surface area contributed by atoms with Crippen molar-refractivity contribution in [2.24, 2.45) is 4.99 Å². The van der Waals surface area contributed by atoms with Gasteiger partial charge in [-0.2, -0.15) is 8.78 Å². The van der Waals surface area contributed by atoms with E-state index in [4.69, 9.17) is 10.1 Å². The third kappa shape index (κ3) is 3.92. The monoisotopic (exact) mass is 259 g/mol. The van der Waals surface area contributed by atoms with Gasteiger partial charge in [0.15, 0.2) is 0 Å². The molecule has 0 saturated carbocycles. The number of nitrogens with zero attached hydrogens (tertiary/aromatic N) is 1. The van der Waals surface area contributed by atoms with E-state index in [1.807, 2.05) is 13.8 Å². The Morgan fingerprint density at radius 2 is 2.22 bits per heavy atom. The van der Waals surface area contributed by atoms with Crippen molar-refractivity contribution in [1.82, 2.24) is 5.32 Å². The SMILES string of the molecule is CO[C@@H](C)C1=C(C)C=N/C(=C/C(=N)OC(F)F)N1. The van der Waals surface area contributed by atoms with Gasteiger partial charge in [0.25, 0.3) is 0 Å². The van der Waals surface area contributed by atoms with Gasteiger partial charge in [-0.15, -0.1) is 0 Å². The summed E-state index contributed by atoms with van der Waals surface area (Å²) in [6.07, 6.45) is 2.46. The van der Waals surface area contributed by atoms with Gasteiger partial charge in [-0.1, -0.05) is 0 Å². The number of allylic oxidation sites excluding steroid dienone is 1. The van der Waals surface area contributed by atoms with Crippen LogP contribution in [0, 0.1) is 5.41 Å². The first-order valence-corrected chi connectivity index (χ1v) is 5.23. The lowest BCUT2D eigenvalue weighted by Gasteiger charge is -2.22. The summed E-state index contributed by atoms with van der Waals surface area (Å²) in [6.45, 7) is 0.666. The van der Waals surface area contributed by atoms with E-state index in [1.54, 1.807) is 13.3 Å². The van der Waals surface area contributed by atoms with Crippen LogP contribution in [0.4, 0.5) is 8.78 Å². The van der Waals surface area contributed by atoms with Crippen LogP contribution in [0.15, 0.2) is 28.2 Å². The molecular weight excluding hydrogens is 244 g/mol. The van der Waals surface area contributed by atoms with Gasteiger partial charge >= 0.3 is 6.61 Å². The summed E-state index contributed by atoms with van der Waals surface area (Å²) in [5, 5.41) is 10.1. The summed E-state index contributed by atoms with van der Waals surface area (Å²) in [4.78, 5) is 3.97. The number of halogens is 2. The second-order valence-corrected chi connectivity index (χ2v) is 3.63. The summed E-state index contributed by atoms with van der Waals surface area (Å²) in [5.74, 6) is -0.404. The first-order valence-electron chi connectivity index (χ1n) is 5.23. The van der Waals surface area contributed by atoms with Crippen molar-refractivity contribution in [1.29, 1.82) is 5.41 Å². The fourth-order valence-corrected chi connectivity index (χ4v) is 1.37. The van der Waals surface area contributed by atoms with Gasteiger partial charge in [-0.25, -0.2) is 4.99 Å². The summed E-state index contributed by atoms with van der Waals surface area (Å²) in [6, 6.07) is 0. The molecule has 1 aliphatic heterocycles. The smallest absolute Gasteiger partial charge is 0.388 e. The standard InChI is InChI=1S/C11H15F2N3O2/c1-6-5-15-9(4-8(14)18-11(12)13)16-10(6)7(2)17-3/h4-5,7,11,14,16H,1-3H3/b9-4-,14-8?/t7-/m0/s1. The number of hydrogen-bond acceptors (Lipinski definition) is 5. The fraction of sp³-hybridized carbons (Fsp3) is 0.455. The summed E-state index contributed by atoms with van der Waals surface area (Å²) >= 11 is 0. The first-order chi connectivity index (χ1) is 8.43. The number of aliphatic imine (C=N–C) groups is 1. The number of rotatable bonds is 4. The maximum atomic E-state index is 11.9. The molecule has 1 rings (SSSR count). The second kappa shape index (κ2) is 6.25. The molecule has 5 nitrogen and oxygen atoms in total. The minimum absolute atomic E-state index is 0.189. The number of ether oxygens (including phenoxy) is 2. The molecule has 0 aliphatic carbocycles. The highest BCUT2D eigenvalue weighted by atomic mass is 19.3. The molecule has 0 bridgehead atoms. The molecule has 2 N–H and O–H groups in total. The third-order valence-corrected chi connectivity index (χ3v) is 2.33. The van der Waals surface area contributed by atoms with Crippen LogP contribution in [0.2, 0.25) is 0 Å². The maximum absolute atomic E-state index is 11.9. The molecule has 0 spiro atoms. The Morgan fingerprint density at radius 1 is 1.56 bits per heavy atom. The summed E-state index contributed by atoms with van der Waals surface area (Å²) in [5.41, 5.74) is 1.64. The quantitative estimate of drug-likeness (QED) is 0.599. The van der Waals surface area contributed by atoms with E-state index in [9.17, 15) is 8.78 Å². The highest BCUT2D eigenvalue weighted by Gasteiger charge is 2.16. The van der Waals surface area contributed by atoms with Crippen LogP contribution in [-0.4, -0.2) is 31.9 Å². The highest BCUT2D eigenvalue weighted by molar-refractivity contribution is 5.87. The van der Waals surface area contributed by atoms with Gasteiger partial charge in [0.1, 0.15) is 5.82 Å². The van der Waals surface area contributed by atoms with E-state index in [1.165, 1.54) is 0 Å². The van der Waals surface area contributed by atoms with Crippen molar-refractivity contribution >= 4 is 12.1 Å².